The number of anilines is 1. The molecule has 1 aromatic rings. The first-order chi connectivity index (χ1) is 9.29. The summed E-state index contributed by atoms with van der Waals surface area (Å²) < 4.78 is 37.6. The molecular formula is C13H14ClF3N2O. The average Bonchev–Trinajstić information content (AvgIpc) is 2.37. The van der Waals surface area contributed by atoms with Gasteiger partial charge in [0, 0.05) is 25.2 Å². The van der Waals surface area contributed by atoms with E-state index >= 15 is 0 Å². The molecule has 1 aliphatic rings. The van der Waals surface area contributed by atoms with Crippen molar-refractivity contribution in [3.05, 3.63) is 22.8 Å². The Balaban J connectivity index is 2.13. The molecule has 0 aromatic carbocycles. The first-order valence-corrected chi connectivity index (χ1v) is 6.65. The van der Waals surface area contributed by atoms with Crippen LogP contribution in [0.25, 0.3) is 0 Å². The molecule has 1 aromatic heterocycles. The number of ketones is 1. The van der Waals surface area contributed by atoms with Crippen LogP contribution in [0.3, 0.4) is 0 Å². The second-order valence-electron chi connectivity index (χ2n) is 4.90. The van der Waals surface area contributed by atoms with Crippen molar-refractivity contribution in [1.82, 2.24) is 4.98 Å². The Bertz CT molecular complexity index is 511. The highest BCUT2D eigenvalue weighted by molar-refractivity contribution is 6.33. The third-order valence-electron chi connectivity index (χ3n) is 3.52. The van der Waals surface area contributed by atoms with Crippen LogP contribution in [0.1, 0.15) is 25.3 Å². The van der Waals surface area contributed by atoms with Crippen LogP contribution >= 0.6 is 11.6 Å². The highest BCUT2D eigenvalue weighted by Gasteiger charge is 2.32. The lowest BCUT2D eigenvalue weighted by molar-refractivity contribution is -0.137. The van der Waals surface area contributed by atoms with Crippen molar-refractivity contribution < 1.29 is 18.0 Å². The van der Waals surface area contributed by atoms with Gasteiger partial charge in [0.25, 0.3) is 0 Å². The molecular weight excluding hydrogens is 293 g/mol. The van der Waals surface area contributed by atoms with Crippen molar-refractivity contribution in [1.29, 1.82) is 0 Å². The Morgan fingerprint density at radius 2 is 2.00 bits per heavy atom. The van der Waals surface area contributed by atoms with Gasteiger partial charge in [0.2, 0.25) is 0 Å². The number of hydrogen-bond acceptors (Lipinski definition) is 3. The standard InChI is InChI=1S/C13H14ClF3N2O/c1-8(20)9-2-4-19(5-3-9)12-11(14)6-10(7-18-12)13(15,16)17/h6-7,9H,2-5H2,1H3. The van der Waals surface area contributed by atoms with Crippen molar-refractivity contribution in [2.75, 3.05) is 18.0 Å². The largest absolute Gasteiger partial charge is 0.417 e. The Morgan fingerprint density at radius 3 is 2.45 bits per heavy atom. The van der Waals surface area contributed by atoms with E-state index in [4.69, 9.17) is 11.6 Å². The number of rotatable bonds is 2. The topological polar surface area (TPSA) is 33.2 Å². The summed E-state index contributed by atoms with van der Waals surface area (Å²) in [5.41, 5.74) is -0.857. The minimum atomic E-state index is -4.45. The third kappa shape index (κ3) is 3.23. The molecule has 1 fully saturated rings. The van der Waals surface area contributed by atoms with Gasteiger partial charge < -0.3 is 4.90 Å². The summed E-state index contributed by atoms with van der Waals surface area (Å²) in [6, 6.07) is 0.890. The van der Waals surface area contributed by atoms with E-state index < -0.39 is 11.7 Å². The summed E-state index contributed by atoms with van der Waals surface area (Å²) >= 11 is 5.90. The number of carbonyl (C=O) groups excluding carboxylic acids is 1. The molecule has 0 atom stereocenters. The van der Waals surface area contributed by atoms with E-state index in [9.17, 15) is 18.0 Å². The molecule has 2 heterocycles. The van der Waals surface area contributed by atoms with E-state index in [1.165, 1.54) is 0 Å². The lowest BCUT2D eigenvalue weighted by atomic mass is 9.93. The molecule has 0 saturated carbocycles. The van der Waals surface area contributed by atoms with E-state index in [0.717, 1.165) is 12.3 Å². The molecule has 0 N–H and O–H groups in total. The van der Waals surface area contributed by atoms with Crippen LogP contribution in [-0.2, 0) is 11.0 Å². The number of halogens is 4. The molecule has 0 bridgehead atoms. The van der Waals surface area contributed by atoms with E-state index in [0.29, 0.717) is 31.7 Å². The molecule has 1 aliphatic heterocycles. The van der Waals surface area contributed by atoms with Crippen molar-refractivity contribution in [3.8, 4) is 0 Å². The minimum Gasteiger partial charge on any atom is -0.355 e. The zero-order valence-electron chi connectivity index (χ0n) is 10.9. The maximum Gasteiger partial charge on any atom is 0.417 e. The van der Waals surface area contributed by atoms with Crippen LogP contribution in [0.5, 0.6) is 0 Å². The second kappa shape index (κ2) is 5.60. The number of hydrogen-bond donors (Lipinski definition) is 0. The number of Topliss-reactive ketones (excluding diaryl/α,β-unsaturated/α-hetero) is 1. The number of carbonyl (C=O) groups is 1. The lowest BCUT2D eigenvalue weighted by Crippen LogP contribution is -2.36. The van der Waals surface area contributed by atoms with Crippen LogP contribution < -0.4 is 4.90 Å². The molecule has 110 valence electrons. The van der Waals surface area contributed by atoms with Gasteiger partial charge >= 0.3 is 6.18 Å². The summed E-state index contributed by atoms with van der Waals surface area (Å²) in [5.74, 6) is 0.525. The van der Waals surface area contributed by atoms with Gasteiger partial charge in [0.1, 0.15) is 11.6 Å². The molecule has 0 spiro atoms. The summed E-state index contributed by atoms with van der Waals surface area (Å²) in [7, 11) is 0. The Kier molecular flexibility index (Phi) is 4.22. The summed E-state index contributed by atoms with van der Waals surface area (Å²) in [4.78, 5) is 16.9. The average molecular weight is 307 g/mol. The zero-order valence-corrected chi connectivity index (χ0v) is 11.6. The first kappa shape index (κ1) is 15.1. The van der Waals surface area contributed by atoms with Crippen LogP contribution in [-0.4, -0.2) is 23.9 Å². The van der Waals surface area contributed by atoms with Gasteiger partial charge in [-0.3, -0.25) is 4.79 Å². The summed E-state index contributed by atoms with van der Waals surface area (Å²) in [6.07, 6.45) is -2.31. The molecule has 7 heteroatoms. The monoisotopic (exact) mass is 306 g/mol. The maximum atomic E-state index is 12.5. The van der Waals surface area contributed by atoms with Gasteiger partial charge in [-0.25, -0.2) is 4.98 Å². The number of nitrogens with zero attached hydrogens (tertiary/aromatic N) is 2. The third-order valence-corrected chi connectivity index (χ3v) is 3.80. The van der Waals surface area contributed by atoms with Gasteiger partial charge in [0.05, 0.1) is 10.6 Å². The quantitative estimate of drug-likeness (QED) is 0.837. The number of alkyl halides is 3. The molecule has 0 amide bonds. The molecule has 1 saturated heterocycles. The maximum absolute atomic E-state index is 12.5. The SMILES string of the molecule is CC(=O)C1CCN(c2ncc(C(F)(F)F)cc2Cl)CC1. The fourth-order valence-electron chi connectivity index (χ4n) is 2.32. The van der Waals surface area contributed by atoms with Gasteiger partial charge in [0.15, 0.2) is 0 Å². The van der Waals surface area contributed by atoms with E-state index in [-0.39, 0.29) is 16.7 Å². The number of pyridine rings is 1. The molecule has 3 nitrogen and oxygen atoms in total. The van der Waals surface area contributed by atoms with Gasteiger partial charge in [-0.05, 0) is 25.8 Å². The zero-order chi connectivity index (χ0) is 14.9. The summed E-state index contributed by atoms with van der Waals surface area (Å²) in [5, 5.41) is -0.0129. The van der Waals surface area contributed by atoms with Gasteiger partial charge in [-0.1, -0.05) is 11.6 Å². The molecule has 20 heavy (non-hydrogen) atoms. The first-order valence-electron chi connectivity index (χ1n) is 6.27. The van der Waals surface area contributed by atoms with E-state index in [2.05, 4.69) is 4.98 Å². The van der Waals surface area contributed by atoms with E-state index in [1.54, 1.807) is 6.92 Å². The Labute approximate surface area is 119 Å². The fraction of sp³-hybridized carbons (Fsp3) is 0.538. The Morgan fingerprint density at radius 1 is 1.40 bits per heavy atom. The van der Waals surface area contributed by atoms with Gasteiger partial charge in [-0.2, -0.15) is 13.2 Å². The second-order valence-corrected chi connectivity index (χ2v) is 5.31. The smallest absolute Gasteiger partial charge is 0.355 e. The molecule has 2 rings (SSSR count). The van der Waals surface area contributed by atoms with Crippen LogP contribution in [0.4, 0.5) is 19.0 Å². The normalized spacial score (nSPS) is 17.4. The van der Waals surface area contributed by atoms with Crippen LogP contribution in [0.15, 0.2) is 12.3 Å². The highest BCUT2D eigenvalue weighted by atomic mass is 35.5. The number of piperidine rings is 1. The molecule has 0 unspecified atom stereocenters. The van der Waals surface area contributed by atoms with Crippen LogP contribution in [0.2, 0.25) is 5.02 Å². The van der Waals surface area contributed by atoms with Gasteiger partial charge in [-0.15, -0.1) is 0 Å². The highest BCUT2D eigenvalue weighted by Crippen LogP contribution is 2.34. The van der Waals surface area contributed by atoms with Crippen molar-refractivity contribution in [2.24, 2.45) is 5.92 Å². The predicted octanol–water partition coefficient (Wildman–Crippen LogP) is 3.56. The van der Waals surface area contributed by atoms with Crippen molar-refractivity contribution >= 4 is 23.2 Å². The number of aromatic nitrogens is 1. The predicted molar refractivity (Wildman–Crippen MR) is 69.9 cm³/mol. The van der Waals surface area contributed by atoms with E-state index in [1.807, 2.05) is 4.90 Å². The minimum absolute atomic E-state index is 0.0129. The lowest BCUT2D eigenvalue weighted by Gasteiger charge is -2.32. The van der Waals surface area contributed by atoms with Crippen molar-refractivity contribution in [2.45, 2.75) is 25.9 Å². The summed E-state index contributed by atoms with van der Waals surface area (Å²) in [6.45, 7) is 2.70. The molecule has 0 radical (unpaired) electrons. The Hall–Kier alpha value is -1.30. The van der Waals surface area contributed by atoms with Crippen LogP contribution in [0, 0.1) is 5.92 Å². The van der Waals surface area contributed by atoms with Crippen molar-refractivity contribution in [3.63, 3.8) is 0 Å². The molecule has 0 aliphatic carbocycles. The fourth-order valence-corrected chi connectivity index (χ4v) is 2.60.